The maximum Gasteiger partial charge on any atom is 0.124 e. The van der Waals surface area contributed by atoms with Gasteiger partial charge in [-0.15, -0.1) is 0 Å². The summed E-state index contributed by atoms with van der Waals surface area (Å²) in [6, 6.07) is 5.46. The van der Waals surface area contributed by atoms with Crippen molar-refractivity contribution in [3.05, 3.63) is 34.1 Å². The van der Waals surface area contributed by atoms with E-state index < -0.39 is 0 Å². The number of hydrogen-bond acceptors (Lipinski definition) is 2. The standard InChI is InChI=1S/C15H21BrFNO/c1-18-14(4-5-15-3-2-6-19-15)9-11-7-12(16)10-13(17)8-11/h7-8,10,14-15,18H,2-6,9H2,1H3. The van der Waals surface area contributed by atoms with Crippen LogP contribution in [0.5, 0.6) is 0 Å². The van der Waals surface area contributed by atoms with Gasteiger partial charge >= 0.3 is 0 Å². The molecule has 2 rings (SSSR count). The number of rotatable bonds is 6. The van der Waals surface area contributed by atoms with Crippen LogP contribution in [0.4, 0.5) is 4.39 Å². The number of halogens is 2. The Morgan fingerprint density at radius 3 is 2.95 bits per heavy atom. The van der Waals surface area contributed by atoms with Crippen molar-refractivity contribution in [1.29, 1.82) is 0 Å². The summed E-state index contributed by atoms with van der Waals surface area (Å²) < 4.78 is 19.8. The Balaban J connectivity index is 1.86. The first-order chi connectivity index (χ1) is 9.17. The van der Waals surface area contributed by atoms with E-state index in [0.29, 0.717) is 12.1 Å². The Bertz CT molecular complexity index is 387. The molecular weight excluding hydrogens is 309 g/mol. The summed E-state index contributed by atoms with van der Waals surface area (Å²) >= 11 is 3.34. The van der Waals surface area contributed by atoms with Crippen molar-refractivity contribution in [2.75, 3.05) is 13.7 Å². The van der Waals surface area contributed by atoms with Gasteiger partial charge in [-0.1, -0.05) is 15.9 Å². The third-order valence-corrected chi connectivity index (χ3v) is 4.13. The quantitative estimate of drug-likeness (QED) is 0.859. The molecule has 1 heterocycles. The Kier molecular flexibility index (Phi) is 5.79. The zero-order chi connectivity index (χ0) is 13.7. The predicted octanol–water partition coefficient (Wildman–Crippen LogP) is 3.68. The normalized spacial score (nSPS) is 20.7. The molecule has 0 spiro atoms. The third kappa shape index (κ3) is 4.86. The molecule has 2 unspecified atom stereocenters. The van der Waals surface area contributed by atoms with Crippen molar-refractivity contribution in [1.82, 2.24) is 5.32 Å². The van der Waals surface area contributed by atoms with Gasteiger partial charge in [0.15, 0.2) is 0 Å². The fraction of sp³-hybridized carbons (Fsp3) is 0.600. The van der Waals surface area contributed by atoms with Gasteiger partial charge in [-0.3, -0.25) is 0 Å². The first-order valence-electron chi connectivity index (χ1n) is 6.91. The lowest BCUT2D eigenvalue weighted by Gasteiger charge is -2.18. The molecule has 1 fully saturated rings. The molecule has 1 aromatic carbocycles. The highest BCUT2D eigenvalue weighted by Gasteiger charge is 2.17. The predicted molar refractivity (Wildman–Crippen MR) is 78.9 cm³/mol. The fourth-order valence-electron chi connectivity index (χ4n) is 2.62. The minimum absolute atomic E-state index is 0.182. The van der Waals surface area contributed by atoms with E-state index in [2.05, 4.69) is 21.2 Å². The third-order valence-electron chi connectivity index (χ3n) is 3.67. The number of nitrogens with one attached hydrogen (secondary N) is 1. The molecule has 0 aromatic heterocycles. The SMILES string of the molecule is CNC(CCC1CCCO1)Cc1cc(F)cc(Br)c1. The second-order valence-electron chi connectivity index (χ2n) is 5.18. The van der Waals surface area contributed by atoms with Crippen LogP contribution in [-0.4, -0.2) is 25.8 Å². The summed E-state index contributed by atoms with van der Waals surface area (Å²) in [6.45, 7) is 0.908. The monoisotopic (exact) mass is 329 g/mol. The van der Waals surface area contributed by atoms with Crippen molar-refractivity contribution in [3.8, 4) is 0 Å². The summed E-state index contributed by atoms with van der Waals surface area (Å²) in [5.41, 5.74) is 1.03. The van der Waals surface area contributed by atoms with E-state index in [9.17, 15) is 4.39 Å². The zero-order valence-corrected chi connectivity index (χ0v) is 12.9. The van der Waals surface area contributed by atoms with E-state index in [-0.39, 0.29) is 5.82 Å². The summed E-state index contributed by atoms with van der Waals surface area (Å²) in [7, 11) is 1.97. The van der Waals surface area contributed by atoms with Crippen molar-refractivity contribution in [2.24, 2.45) is 0 Å². The number of benzene rings is 1. The first-order valence-corrected chi connectivity index (χ1v) is 7.70. The van der Waals surface area contributed by atoms with Crippen LogP contribution in [0.2, 0.25) is 0 Å². The number of hydrogen-bond donors (Lipinski definition) is 1. The van der Waals surface area contributed by atoms with Crippen LogP contribution in [0.25, 0.3) is 0 Å². The molecule has 1 aliphatic heterocycles. The molecule has 2 atom stereocenters. The molecular formula is C15H21BrFNO. The highest BCUT2D eigenvalue weighted by molar-refractivity contribution is 9.10. The molecule has 106 valence electrons. The second-order valence-corrected chi connectivity index (χ2v) is 6.10. The average Bonchev–Trinajstić information content (AvgIpc) is 2.86. The Hall–Kier alpha value is -0.450. The Morgan fingerprint density at radius 1 is 1.47 bits per heavy atom. The minimum Gasteiger partial charge on any atom is -0.378 e. The molecule has 4 heteroatoms. The molecule has 0 bridgehead atoms. The lowest BCUT2D eigenvalue weighted by Crippen LogP contribution is -2.28. The molecule has 1 aliphatic rings. The Labute approximate surface area is 122 Å². The van der Waals surface area contributed by atoms with Gasteiger partial charge in [0.25, 0.3) is 0 Å². The van der Waals surface area contributed by atoms with Crippen LogP contribution < -0.4 is 5.32 Å². The fourth-order valence-corrected chi connectivity index (χ4v) is 3.13. The summed E-state index contributed by atoms with van der Waals surface area (Å²) in [5, 5.41) is 3.32. The van der Waals surface area contributed by atoms with Crippen LogP contribution in [0.15, 0.2) is 22.7 Å². The van der Waals surface area contributed by atoms with E-state index in [1.54, 1.807) is 6.07 Å². The molecule has 0 radical (unpaired) electrons. The summed E-state index contributed by atoms with van der Waals surface area (Å²) in [6.07, 6.45) is 5.79. The maximum absolute atomic E-state index is 13.3. The number of ether oxygens (including phenoxy) is 1. The van der Waals surface area contributed by atoms with Crippen LogP contribution in [0.3, 0.4) is 0 Å². The van der Waals surface area contributed by atoms with Crippen LogP contribution in [0.1, 0.15) is 31.2 Å². The molecule has 19 heavy (non-hydrogen) atoms. The van der Waals surface area contributed by atoms with Crippen molar-refractivity contribution in [2.45, 2.75) is 44.2 Å². The van der Waals surface area contributed by atoms with Crippen LogP contribution >= 0.6 is 15.9 Å². The summed E-state index contributed by atoms with van der Waals surface area (Å²) in [4.78, 5) is 0. The van der Waals surface area contributed by atoms with Gasteiger partial charge in [-0.05, 0) is 62.9 Å². The van der Waals surface area contributed by atoms with Gasteiger partial charge < -0.3 is 10.1 Å². The maximum atomic E-state index is 13.3. The van der Waals surface area contributed by atoms with Gasteiger partial charge in [0.05, 0.1) is 6.10 Å². The Morgan fingerprint density at radius 2 is 2.32 bits per heavy atom. The van der Waals surface area contributed by atoms with Gasteiger partial charge in [0.1, 0.15) is 5.82 Å². The average molecular weight is 330 g/mol. The van der Waals surface area contributed by atoms with E-state index in [4.69, 9.17) is 4.74 Å². The van der Waals surface area contributed by atoms with Crippen molar-refractivity contribution < 1.29 is 9.13 Å². The van der Waals surface area contributed by atoms with Gasteiger partial charge in [-0.2, -0.15) is 0 Å². The van der Waals surface area contributed by atoms with Crippen LogP contribution in [0, 0.1) is 5.82 Å². The smallest absolute Gasteiger partial charge is 0.124 e. The second kappa shape index (κ2) is 7.36. The molecule has 0 aliphatic carbocycles. The van der Waals surface area contributed by atoms with Gasteiger partial charge in [0, 0.05) is 17.1 Å². The topological polar surface area (TPSA) is 21.3 Å². The summed E-state index contributed by atoms with van der Waals surface area (Å²) in [5.74, 6) is -0.182. The molecule has 1 aromatic rings. The molecule has 0 amide bonds. The lowest BCUT2D eigenvalue weighted by molar-refractivity contribution is 0.0998. The van der Waals surface area contributed by atoms with Crippen LogP contribution in [-0.2, 0) is 11.2 Å². The van der Waals surface area contributed by atoms with E-state index >= 15 is 0 Å². The lowest BCUT2D eigenvalue weighted by atomic mass is 9.99. The molecule has 0 saturated carbocycles. The van der Waals surface area contributed by atoms with Gasteiger partial charge in [0.2, 0.25) is 0 Å². The van der Waals surface area contributed by atoms with Crippen molar-refractivity contribution in [3.63, 3.8) is 0 Å². The van der Waals surface area contributed by atoms with E-state index in [1.165, 1.54) is 18.9 Å². The highest BCUT2D eigenvalue weighted by Crippen LogP contribution is 2.20. The molecule has 2 nitrogen and oxygen atoms in total. The number of likely N-dealkylation sites (N-methyl/N-ethyl adjacent to an activating group) is 1. The van der Waals surface area contributed by atoms with E-state index in [0.717, 1.165) is 35.9 Å². The molecule has 1 saturated heterocycles. The van der Waals surface area contributed by atoms with Crippen molar-refractivity contribution >= 4 is 15.9 Å². The van der Waals surface area contributed by atoms with E-state index in [1.807, 2.05) is 13.1 Å². The first kappa shape index (κ1) is 14.9. The zero-order valence-electron chi connectivity index (χ0n) is 11.3. The highest BCUT2D eigenvalue weighted by atomic mass is 79.9. The molecule has 1 N–H and O–H groups in total. The minimum atomic E-state index is -0.182. The van der Waals surface area contributed by atoms with Gasteiger partial charge in [-0.25, -0.2) is 4.39 Å². The largest absolute Gasteiger partial charge is 0.378 e.